The van der Waals surface area contributed by atoms with Gasteiger partial charge in [0.05, 0.1) is 34.2 Å². The third-order valence-corrected chi connectivity index (χ3v) is 9.08. The second kappa shape index (κ2) is 12.0. The fourth-order valence-electron chi connectivity index (χ4n) is 6.80. The van der Waals surface area contributed by atoms with Crippen molar-refractivity contribution in [2.45, 2.75) is 0 Å². The molecule has 0 saturated heterocycles. The van der Waals surface area contributed by atoms with Crippen molar-refractivity contribution in [3.8, 4) is 0 Å². The summed E-state index contributed by atoms with van der Waals surface area (Å²) in [5, 5.41) is 23.4. The van der Waals surface area contributed by atoms with Crippen LogP contribution in [0, 0.1) is 0 Å². The van der Waals surface area contributed by atoms with E-state index in [1.165, 1.54) is 0 Å². The van der Waals surface area contributed by atoms with Crippen LogP contribution in [0.5, 0.6) is 0 Å². The summed E-state index contributed by atoms with van der Waals surface area (Å²) in [4.78, 5) is 20.6. The van der Waals surface area contributed by atoms with E-state index in [9.17, 15) is 10.2 Å². The van der Waals surface area contributed by atoms with Crippen LogP contribution >= 0.6 is 0 Å². The highest BCUT2D eigenvalue weighted by molar-refractivity contribution is 6.40. The third-order valence-electron chi connectivity index (χ3n) is 9.08. The zero-order chi connectivity index (χ0) is 33.6. The summed E-state index contributed by atoms with van der Waals surface area (Å²) in [6, 6.07) is 39.6. The number of fused-ring (bicyclic) bond motifs is 4. The Hall–Kier alpha value is -6.92. The molecule has 4 aromatic rings. The Labute approximate surface area is 289 Å². The predicted octanol–water partition coefficient (Wildman–Crippen LogP) is 9.46. The molecule has 50 heavy (non-hydrogen) atoms. The molecule has 0 saturated carbocycles. The molecule has 0 radical (unpaired) electrons. The van der Waals surface area contributed by atoms with Gasteiger partial charge in [-0.2, -0.15) is 0 Å². The number of hydrogen-bond acceptors (Lipinski definition) is 6. The fourth-order valence-corrected chi connectivity index (χ4v) is 6.80. The summed E-state index contributed by atoms with van der Waals surface area (Å²) >= 11 is 0. The van der Waals surface area contributed by atoms with Gasteiger partial charge >= 0.3 is 0 Å². The number of rotatable bonds is 4. The number of aliphatic hydroxyl groups excluding tert-OH is 2. The van der Waals surface area contributed by atoms with E-state index in [1.807, 2.05) is 134 Å². The summed E-state index contributed by atoms with van der Waals surface area (Å²) in [6.45, 7) is 0. The summed E-state index contributed by atoms with van der Waals surface area (Å²) in [6.07, 6.45) is 11.9. The van der Waals surface area contributed by atoms with Crippen LogP contribution in [0.15, 0.2) is 212 Å². The van der Waals surface area contributed by atoms with Crippen molar-refractivity contribution in [3.63, 3.8) is 0 Å². The van der Waals surface area contributed by atoms with Crippen LogP contribution in [0.25, 0.3) is 22.3 Å². The average molecular weight is 645 g/mol. The summed E-state index contributed by atoms with van der Waals surface area (Å²) < 4.78 is 0. The van der Waals surface area contributed by atoms with Gasteiger partial charge in [-0.1, -0.05) is 121 Å². The number of aliphatic imine (C=N–C) groups is 4. The minimum absolute atomic E-state index is 0.229. The Morgan fingerprint density at radius 1 is 0.320 bits per heavy atom. The first kappa shape index (κ1) is 29.2. The second-order valence-corrected chi connectivity index (χ2v) is 12.1. The molecule has 6 heteroatoms. The number of hydrogen-bond donors (Lipinski definition) is 2. The summed E-state index contributed by atoms with van der Waals surface area (Å²) in [5.41, 5.74) is 11.1. The van der Waals surface area contributed by atoms with E-state index < -0.39 is 0 Å². The maximum absolute atomic E-state index is 11.7. The lowest BCUT2D eigenvalue weighted by Gasteiger charge is -2.12. The van der Waals surface area contributed by atoms with E-state index in [1.54, 1.807) is 0 Å². The first-order valence-corrected chi connectivity index (χ1v) is 16.4. The lowest BCUT2D eigenvalue weighted by molar-refractivity contribution is 0.359. The maximum atomic E-state index is 11.7. The van der Waals surface area contributed by atoms with Crippen LogP contribution in [0.1, 0.15) is 22.3 Å². The Balaban J connectivity index is 1.41. The van der Waals surface area contributed by atoms with E-state index in [4.69, 9.17) is 20.0 Å². The monoisotopic (exact) mass is 644 g/mol. The van der Waals surface area contributed by atoms with Crippen molar-refractivity contribution in [2.24, 2.45) is 20.0 Å². The highest BCUT2D eigenvalue weighted by Crippen LogP contribution is 2.40. The van der Waals surface area contributed by atoms with Crippen molar-refractivity contribution >= 4 is 45.1 Å². The topological polar surface area (TPSA) is 89.9 Å². The third kappa shape index (κ3) is 4.90. The summed E-state index contributed by atoms with van der Waals surface area (Å²) in [5.74, 6) is -0.641. The summed E-state index contributed by atoms with van der Waals surface area (Å²) in [7, 11) is 0. The maximum Gasteiger partial charge on any atom is 0.186 e. The van der Waals surface area contributed by atoms with Gasteiger partial charge in [0.15, 0.2) is 11.5 Å². The van der Waals surface area contributed by atoms with Crippen LogP contribution in [0.3, 0.4) is 0 Å². The molecule has 6 nitrogen and oxygen atoms in total. The Morgan fingerprint density at radius 3 is 1.08 bits per heavy atom. The highest BCUT2D eigenvalue weighted by Gasteiger charge is 2.34. The van der Waals surface area contributed by atoms with Gasteiger partial charge < -0.3 is 10.2 Å². The molecule has 4 aromatic carbocycles. The molecule has 0 aromatic heterocycles. The van der Waals surface area contributed by atoms with Crippen LogP contribution in [-0.2, 0) is 0 Å². The SMILES string of the molecule is OC1=C(O)C2=C(c3ccccc3)C3=NC(=C(c4ccccc4)C4=NC(=C(c5ccccc5)C5=NC(=C(c6ccccc6)C1=N2)C=C5)C=C4)C=C3. The average Bonchev–Trinajstić information content (AvgIpc) is 3.99. The van der Waals surface area contributed by atoms with Gasteiger partial charge in [0.25, 0.3) is 0 Å². The second-order valence-electron chi connectivity index (χ2n) is 12.1. The Bertz CT molecular complexity index is 2490. The molecule has 5 heterocycles. The molecule has 9 rings (SSSR count). The van der Waals surface area contributed by atoms with E-state index in [-0.39, 0.29) is 22.9 Å². The Morgan fingerprint density at radius 2 is 0.660 bits per heavy atom. The minimum atomic E-state index is -0.321. The largest absolute Gasteiger partial charge is 0.503 e. The lowest BCUT2D eigenvalue weighted by atomic mass is 9.97. The normalized spacial score (nSPS) is 18.0. The van der Waals surface area contributed by atoms with Crippen molar-refractivity contribution in [1.82, 2.24) is 0 Å². The molecule has 8 bridgehead atoms. The van der Waals surface area contributed by atoms with Gasteiger partial charge in [0.2, 0.25) is 0 Å². The fraction of sp³-hybridized carbons (Fsp3) is 0. The first-order chi connectivity index (χ1) is 24.6. The number of benzene rings is 4. The van der Waals surface area contributed by atoms with Crippen molar-refractivity contribution < 1.29 is 10.2 Å². The van der Waals surface area contributed by atoms with Gasteiger partial charge in [0, 0.05) is 22.3 Å². The number of allylic oxidation sites excluding steroid dienone is 10. The Kier molecular flexibility index (Phi) is 6.99. The molecular weight excluding hydrogens is 617 g/mol. The van der Waals surface area contributed by atoms with E-state index >= 15 is 0 Å². The van der Waals surface area contributed by atoms with E-state index in [2.05, 4.69) is 24.3 Å². The smallest absolute Gasteiger partial charge is 0.186 e. The number of nitrogens with zero attached hydrogens (tertiary/aromatic N) is 4. The van der Waals surface area contributed by atoms with Gasteiger partial charge in [-0.3, -0.25) is 0 Å². The van der Waals surface area contributed by atoms with Gasteiger partial charge in [-0.25, -0.2) is 20.0 Å². The van der Waals surface area contributed by atoms with Crippen LogP contribution in [0.2, 0.25) is 0 Å². The van der Waals surface area contributed by atoms with Gasteiger partial charge in [-0.05, 0) is 58.7 Å². The molecule has 5 aliphatic rings. The zero-order valence-corrected chi connectivity index (χ0v) is 26.7. The van der Waals surface area contributed by atoms with Gasteiger partial charge in [0.1, 0.15) is 11.4 Å². The quantitative estimate of drug-likeness (QED) is 0.232. The molecule has 0 amide bonds. The lowest BCUT2D eigenvalue weighted by Crippen LogP contribution is -2.06. The van der Waals surface area contributed by atoms with Crippen molar-refractivity contribution in [2.75, 3.05) is 0 Å². The molecular formula is C44H28N4O2. The molecule has 0 spiro atoms. The zero-order valence-electron chi connectivity index (χ0n) is 26.7. The minimum Gasteiger partial charge on any atom is -0.503 e. The molecule has 0 fully saturated rings. The van der Waals surface area contributed by atoms with Crippen molar-refractivity contribution in [3.05, 3.63) is 214 Å². The predicted molar refractivity (Wildman–Crippen MR) is 203 cm³/mol. The first-order valence-electron chi connectivity index (χ1n) is 16.4. The molecule has 2 N–H and O–H groups in total. The standard InChI is InChI=1S/C44H28N4O2/c49-43-41-39(29-17-9-3-10-18-29)35-25-23-33(46-35)37(27-13-5-1-6-14-27)31-21-22-32(45-31)38(28-15-7-2-8-16-28)34-24-26-36(47-34)40(42(48-41)44(43)50)30-19-11-4-12-20-30/h1-26,49-50H. The van der Waals surface area contributed by atoms with Crippen LogP contribution < -0.4 is 0 Å². The highest BCUT2D eigenvalue weighted by atomic mass is 16.3. The van der Waals surface area contributed by atoms with Gasteiger partial charge in [-0.15, -0.1) is 0 Å². The van der Waals surface area contributed by atoms with Crippen LogP contribution in [0.4, 0.5) is 0 Å². The van der Waals surface area contributed by atoms with Crippen LogP contribution in [-0.4, -0.2) is 33.1 Å². The molecule has 0 unspecified atom stereocenters. The van der Waals surface area contributed by atoms with Crippen molar-refractivity contribution in [1.29, 1.82) is 0 Å². The number of aliphatic hydroxyl groups is 2. The molecule has 0 atom stereocenters. The van der Waals surface area contributed by atoms with E-state index in [0.29, 0.717) is 22.6 Å². The van der Waals surface area contributed by atoms with E-state index in [0.717, 1.165) is 56.2 Å². The molecule has 236 valence electrons. The molecule has 0 aliphatic carbocycles. The molecule has 5 aliphatic heterocycles.